The van der Waals surface area contributed by atoms with Crippen molar-refractivity contribution in [2.24, 2.45) is 0 Å². The molecule has 0 saturated carbocycles. The molecule has 17 aromatic carbocycles. The molecule has 0 saturated heterocycles. The van der Waals surface area contributed by atoms with E-state index in [1.165, 1.54) is 104 Å². The molecule has 6 heterocycles. The number of rotatable bonds is 11. The van der Waals surface area contributed by atoms with Crippen LogP contribution < -0.4 is 70.2 Å². The highest BCUT2D eigenvalue weighted by atomic mass is 32.1. The largest absolute Gasteiger partial charge is 0.449 e. The van der Waals surface area contributed by atoms with Crippen LogP contribution in [0, 0.1) is 0 Å². The normalized spacial score (nSPS) is 15.0. The van der Waals surface area contributed by atoms with Gasteiger partial charge in [-0.2, -0.15) is 0 Å². The highest BCUT2D eigenvalue weighted by Gasteiger charge is 2.53. The van der Waals surface area contributed by atoms with Crippen LogP contribution in [-0.4, -0.2) is 16.1 Å². The van der Waals surface area contributed by atoms with Gasteiger partial charge in [-0.05, 0) is 191 Å². The molecule has 2 atom stereocenters. The van der Waals surface area contributed by atoms with Gasteiger partial charge >= 0.3 is 0 Å². The SMILES string of the molecule is c1ccc(-c2ccc([Si]3(c4ccc5c(c4)sc4cc(N(c6ccccc6)c6ccccc6)ccc45)c4ccccc4-c4c3ccc3c4Oc4ccccc4O3)cc2)cc1.c1ccc(N(c2ccccc2)c2ccc([Si]3(c4ccc5sc6ccccc6c5c4)c4ccccc4-c4c3ccc3c4Oc4ccccc4O3)cc2)cc1. The lowest BCUT2D eigenvalue weighted by Gasteiger charge is -2.33. The zero-order valence-corrected chi connectivity index (χ0v) is 64.1. The van der Waals surface area contributed by atoms with E-state index in [0.717, 1.165) is 91.2 Å². The van der Waals surface area contributed by atoms with E-state index in [0.29, 0.717) is 0 Å². The molecular weight excluding hydrogens is 1440 g/mol. The lowest BCUT2D eigenvalue weighted by atomic mass is 10.0. The average Bonchev–Trinajstić information content (AvgIpc) is 1.53. The Bertz CT molecular complexity index is 6820. The minimum atomic E-state index is -2.92. The van der Waals surface area contributed by atoms with Gasteiger partial charge in [-0.3, -0.25) is 0 Å². The molecular formula is C102H66N2O4S2Si2. The third kappa shape index (κ3) is 10.4. The first-order chi connectivity index (χ1) is 55.5. The monoisotopic (exact) mass is 1500 g/mol. The quantitative estimate of drug-likeness (QED) is 0.120. The fourth-order valence-corrected chi connectivity index (χ4v) is 30.6. The minimum absolute atomic E-state index is 0.736. The summed E-state index contributed by atoms with van der Waals surface area (Å²) in [4.78, 5) is 4.67. The van der Waals surface area contributed by atoms with Crippen molar-refractivity contribution < 1.29 is 18.9 Å². The third-order valence-corrected chi connectivity index (χ3v) is 34.8. The van der Waals surface area contributed by atoms with Crippen molar-refractivity contribution in [2.45, 2.75) is 0 Å². The summed E-state index contributed by atoms with van der Waals surface area (Å²) < 4.78 is 31.8. The molecule has 112 heavy (non-hydrogen) atoms. The molecule has 10 heteroatoms. The van der Waals surface area contributed by atoms with E-state index in [2.05, 4.69) is 362 Å². The molecule has 19 aromatic rings. The molecule has 23 rings (SSSR count). The molecule has 6 nitrogen and oxygen atoms in total. The zero-order valence-electron chi connectivity index (χ0n) is 60.4. The number of fused-ring (bicyclic) bond motifs is 18. The number of hydrogen-bond acceptors (Lipinski definition) is 8. The van der Waals surface area contributed by atoms with E-state index >= 15 is 0 Å². The molecule has 0 radical (unpaired) electrons. The zero-order chi connectivity index (χ0) is 73.9. The summed E-state index contributed by atoms with van der Waals surface area (Å²) in [7, 11) is -5.84. The van der Waals surface area contributed by atoms with Crippen molar-refractivity contribution >= 4 is 155 Å². The first kappa shape index (κ1) is 65.5. The molecule has 528 valence electrons. The molecule has 2 aromatic heterocycles. The van der Waals surface area contributed by atoms with Crippen molar-refractivity contribution in [2.75, 3.05) is 9.80 Å². The van der Waals surface area contributed by atoms with Crippen molar-refractivity contribution in [3.63, 3.8) is 0 Å². The smallest absolute Gasteiger partial charge is 0.181 e. The van der Waals surface area contributed by atoms with Gasteiger partial charge in [0.2, 0.25) is 0 Å². The Morgan fingerprint density at radius 1 is 0.205 bits per heavy atom. The summed E-state index contributed by atoms with van der Waals surface area (Å²) >= 11 is 3.74. The van der Waals surface area contributed by atoms with Crippen LogP contribution >= 0.6 is 22.7 Å². The Balaban J connectivity index is 0.000000138. The predicted molar refractivity (Wildman–Crippen MR) is 472 cm³/mol. The maximum atomic E-state index is 6.82. The Morgan fingerprint density at radius 2 is 0.562 bits per heavy atom. The summed E-state index contributed by atoms with van der Waals surface area (Å²) in [6.07, 6.45) is 0. The molecule has 0 bridgehead atoms. The van der Waals surface area contributed by atoms with Gasteiger partial charge in [0.15, 0.2) is 62.1 Å². The number of thiophene rings is 2. The Kier molecular flexibility index (Phi) is 15.6. The fraction of sp³-hybridized carbons (Fsp3) is 0. The number of ether oxygens (including phenoxy) is 4. The van der Waals surface area contributed by atoms with Crippen molar-refractivity contribution in [1.82, 2.24) is 0 Å². The maximum absolute atomic E-state index is 6.82. The molecule has 0 amide bonds. The van der Waals surface area contributed by atoms with E-state index in [-0.39, 0.29) is 0 Å². The highest BCUT2D eigenvalue weighted by molar-refractivity contribution is 7.27. The number of para-hydroxylation sites is 8. The summed E-state index contributed by atoms with van der Waals surface area (Å²) in [5.41, 5.74) is 13.9. The molecule has 0 aliphatic carbocycles. The summed E-state index contributed by atoms with van der Waals surface area (Å²) in [5.74, 6) is 6.03. The highest BCUT2D eigenvalue weighted by Crippen LogP contribution is 2.54. The van der Waals surface area contributed by atoms with Crippen molar-refractivity contribution in [1.29, 1.82) is 0 Å². The topological polar surface area (TPSA) is 43.4 Å². The van der Waals surface area contributed by atoms with Crippen LogP contribution in [0.4, 0.5) is 34.1 Å². The van der Waals surface area contributed by atoms with E-state index in [1.807, 2.05) is 71.2 Å². The number of hydrogen-bond donors (Lipinski definition) is 0. The fourth-order valence-electron chi connectivity index (χ4n) is 18.0. The second kappa shape index (κ2) is 26.6. The number of nitrogens with zero attached hydrogens (tertiary/aromatic N) is 2. The summed E-state index contributed by atoms with van der Waals surface area (Å²) in [5, 5.41) is 15.9. The van der Waals surface area contributed by atoms with E-state index in [9.17, 15) is 0 Å². The molecule has 0 N–H and O–H groups in total. The molecule has 0 fully saturated rings. The van der Waals surface area contributed by atoms with Crippen molar-refractivity contribution in [3.05, 3.63) is 400 Å². The van der Waals surface area contributed by atoms with Gasteiger partial charge in [-0.25, -0.2) is 0 Å². The number of benzene rings is 17. The van der Waals surface area contributed by atoms with Gasteiger partial charge in [0.25, 0.3) is 0 Å². The molecule has 4 aliphatic rings. The minimum Gasteiger partial charge on any atom is -0.449 e. The molecule has 2 unspecified atom stereocenters. The molecule has 4 aliphatic heterocycles. The van der Waals surface area contributed by atoms with Crippen LogP contribution in [0.25, 0.3) is 73.7 Å². The van der Waals surface area contributed by atoms with Gasteiger partial charge in [-0.15, -0.1) is 22.7 Å². The van der Waals surface area contributed by atoms with Crippen LogP contribution in [0.5, 0.6) is 46.0 Å². The van der Waals surface area contributed by atoms with Crippen LogP contribution in [0.15, 0.2) is 400 Å². The van der Waals surface area contributed by atoms with Crippen molar-refractivity contribution in [3.8, 4) is 79.4 Å². The molecule has 0 spiro atoms. The standard InChI is InChI=1S/C54H35NO2SSi.C48H31NO2SSi/c1-4-14-36(15-5-1)37-24-27-41(28-25-37)59(51-23-13-10-20-45(51)53-52(59)33-32-48-54(53)57-47-22-12-11-21-46(47)56-48)42-29-31-44-43-30-26-40(34-49(43)58-50(44)35-42)55(38-16-6-2-7-17-38)39-18-8-3-9-19-39;1-3-13-32(14-4-1)49(33-15-5-2-6-16-33)34-23-25-35(26-24-34)53(36-27-29-44-39(31-36)37-17-7-11-21-43(37)52-44)45-22-12-8-18-38(45)47-46(53)30-28-42-48(47)51-41-20-10-9-19-40(41)50-42/h1-35H;1-31H. The van der Waals surface area contributed by atoms with E-state index in [1.54, 1.807) is 0 Å². The second-order valence-corrected chi connectivity index (χ2v) is 38.5. The average molecular weight is 1500 g/mol. The Labute approximate surface area is 658 Å². The summed E-state index contributed by atoms with van der Waals surface area (Å²) in [6.45, 7) is 0. The lowest BCUT2D eigenvalue weighted by molar-refractivity contribution is 0.361. The summed E-state index contributed by atoms with van der Waals surface area (Å²) in [6, 6.07) is 145. The Morgan fingerprint density at radius 3 is 1.10 bits per heavy atom. The van der Waals surface area contributed by atoms with Gasteiger partial charge in [0.1, 0.15) is 0 Å². The van der Waals surface area contributed by atoms with E-state index < -0.39 is 16.1 Å². The first-order valence-corrected chi connectivity index (χ1v) is 43.5. The Hall–Kier alpha value is -13.6. The van der Waals surface area contributed by atoms with Crippen LogP contribution in [0.3, 0.4) is 0 Å². The maximum Gasteiger partial charge on any atom is 0.181 e. The van der Waals surface area contributed by atoms with Gasteiger partial charge in [-0.1, -0.05) is 273 Å². The van der Waals surface area contributed by atoms with E-state index in [4.69, 9.17) is 18.9 Å². The van der Waals surface area contributed by atoms with Gasteiger partial charge < -0.3 is 28.7 Å². The second-order valence-electron chi connectivity index (χ2n) is 28.8. The van der Waals surface area contributed by atoms with Gasteiger partial charge in [0, 0.05) is 85.6 Å². The lowest BCUT2D eigenvalue weighted by Crippen LogP contribution is -2.72. The van der Waals surface area contributed by atoms with Crippen LogP contribution in [0.1, 0.15) is 0 Å². The first-order valence-electron chi connectivity index (χ1n) is 37.9. The van der Waals surface area contributed by atoms with Crippen LogP contribution in [-0.2, 0) is 0 Å². The predicted octanol–water partition coefficient (Wildman–Crippen LogP) is 23.2. The van der Waals surface area contributed by atoms with Crippen LogP contribution in [0.2, 0.25) is 0 Å². The van der Waals surface area contributed by atoms with Gasteiger partial charge in [0.05, 0.1) is 0 Å². The number of anilines is 6. The third-order valence-electron chi connectivity index (χ3n) is 22.8.